The van der Waals surface area contributed by atoms with E-state index >= 15 is 0 Å². The number of hydrogen-bond acceptors (Lipinski definition) is 3. The molecule has 0 amide bonds. The molecule has 0 bridgehead atoms. The molecule has 120 valence electrons. The molecule has 0 heterocycles. The minimum atomic E-state index is 0. The third kappa shape index (κ3) is 7.52. The standard InChI is InChI=1S/C15H25N3O2.HI/c1-5-20-14-8-6-13(7-9-14)12-18(3)15(16-2)17-10-11-19-4;/h6-9H,5,10-12H2,1-4H3,(H,16,17);1H. The molecule has 1 aromatic rings. The highest BCUT2D eigenvalue weighted by Crippen LogP contribution is 2.13. The molecule has 0 aliphatic rings. The Morgan fingerprint density at radius 2 is 1.95 bits per heavy atom. The van der Waals surface area contributed by atoms with Crippen molar-refractivity contribution in [3.05, 3.63) is 29.8 Å². The number of guanidine groups is 1. The van der Waals surface area contributed by atoms with E-state index in [1.165, 1.54) is 5.56 Å². The van der Waals surface area contributed by atoms with Crippen LogP contribution in [0.25, 0.3) is 0 Å². The monoisotopic (exact) mass is 407 g/mol. The van der Waals surface area contributed by atoms with Crippen LogP contribution >= 0.6 is 24.0 Å². The number of nitrogens with zero attached hydrogens (tertiary/aromatic N) is 2. The fourth-order valence-corrected chi connectivity index (χ4v) is 1.86. The van der Waals surface area contributed by atoms with Gasteiger partial charge in [-0.25, -0.2) is 0 Å². The van der Waals surface area contributed by atoms with Crippen molar-refractivity contribution in [2.45, 2.75) is 13.5 Å². The summed E-state index contributed by atoms with van der Waals surface area (Å²) >= 11 is 0. The van der Waals surface area contributed by atoms with Gasteiger partial charge in [0, 0.05) is 34.3 Å². The minimum absolute atomic E-state index is 0. The quantitative estimate of drug-likeness (QED) is 0.326. The van der Waals surface area contributed by atoms with Crippen LogP contribution in [0.4, 0.5) is 0 Å². The van der Waals surface area contributed by atoms with Crippen molar-refractivity contribution >= 4 is 29.9 Å². The predicted molar refractivity (Wildman–Crippen MR) is 97.7 cm³/mol. The second-order valence-corrected chi connectivity index (χ2v) is 4.40. The topological polar surface area (TPSA) is 46.1 Å². The molecule has 1 N–H and O–H groups in total. The van der Waals surface area contributed by atoms with Gasteiger partial charge >= 0.3 is 0 Å². The average molecular weight is 407 g/mol. The van der Waals surface area contributed by atoms with Gasteiger partial charge in [-0.05, 0) is 24.6 Å². The first kappa shape index (κ1) is 20.0. The van der Waals surface area contributed by atoms with Crippen LogP contribution in [-0.2, 0) is 11.3 Å². The summed E-state index contributed by atoms with van der Waals surface area (Å²) in [5.41, 5.74) is 1.21. The molecule has 0 atom stereocenters. The van der Waals surface area contributed by atoms with Gasteiger partial charge in [0.2, 0.25) is 0 Å². The zero-order chi connectivity index (χ0) is 14.8. The van der Waals surface area contributed by atoms with Gasteiger partial charge in [-0.15, -0.1) is 24.0 Å². The van der Waals surface area contributed by atoms with Crippen molar-refractivity contribution in [3.8, 4) is 5.75 Å². The molecule has 0 aliphatic heterocycles. The number of halogens is 1. The van der Waals surface area contributed by atoms with Crippen molar-refractivity contribution in [1.82, 2.24) is 10.2 Å². The smallest absolute Gasteiger partial charge is 0.193 e. The molecule has 0 unspecified atom stereocenters. The highest BCUT2D eigenvalue weighted by atomic mass is 127. The van der Waals surface area contributed by atoms with E-state index in [-0.39, 0.29) is 24.0 Å². The van der Waals surface area contributed by atoms with E-state index < -0.39 is 0 Å². The Morgan fingerprint density at radius 3 is 2.48 bits per heavy atom. The van der Waals surface area contributed by atoms with Gasteiger partial charge in [-0.1, -0.05) is 12.1 Å². The fourth-order valence-electron chi connectivity index (χ4n) is 1.86. The Labute approximate surface area is 144 Å². The first-order chi connectivity index (χ1) is 9.71. The van der Waals surface area contributed by atoms with Crippen LogP contribution < -0.4 is 10.1 Å². The van der Waals surface area contributed by atoms with E-state index in [4.69, 9.17) is 9.47 Å². The summed E-state index contributed by atoms with van der Waals surface area (Å²) in [6.45, 7) is 4.87. The average Bonchev–Trinajstić information content (AvgIpc) is 2.46. The first-order valence-electron chi connectivity index (χ1n) is 6.83. The predicted octanol–water partition coefficient (Wildman–Crippen LogP) is 2.36. The van der Waals surface area contributed by atoms with Gasteiger partial charge in [-0.2, -0.15) is 0 Å². The van der Waals surface area contributed by atoms with Gasteiger partial charge in [0.15, 0.2) is 5.96 Å². The Kier molecular flexibility index (Phi) is 11.1. The molecule has 0 fully saturated rings. The van der Waals surface area contributed by atoms with E-state index in [1.54, 1.807) is 14.2 Å². The number of hydrogen-bond donors (Lipinski definition) is 1. The SMILES string of the molecule is CCOc1ccc(CN(C)C(=NC)NCCOC)cc1.I. The second kappa shape index (κ2) is 11.6. The lowest BCUT2D eigenvalue weighted by Crippen LogP contribution is -2.39. The van der Waals surface area contributed by atoms with Crippen LogP contribution in [0.1, 0.15) is 12.5 Å². The lowest BCUT2D eigenvalue weighted by Gasteiger charge is -2.22. The fraction of sp³-hybridized carbons (Fsp3) is 0.533. The summed E-state index contributed by atoms with van der Waals surface area (Å²) in [4.78, 5) is 6.33. The molecule has 21 heavy (non-hydrogen) atoms. The zero-order valence-electron chi connectivity index (χ0n) is 13.3. The van der Waals surface area contributed by atoms with Crippen molar-refractivity contribution in [2.75, 3.05) is 41.0 Å². The van der Waals surface area contributed by atoms with Crippen molar-refractivity contribution in [1.29, 1.82) is 0 Å². The summed E-state index contributed by atoms with van der Waals surface area (Å²) in [6, 6.07) is 8.13. The van der Waals surface area contributed by atoms with Gasteiger partial charge in [0.05, 0.1) is 13.2 Å². The summed E-state index contributed by atoms with van der Waals surface area (Å²) < 4.78 is 10.5. The molecule has 0 saturated carbocycles. The number of benzene rings is 1. The summed E-state index contributed by atoms with van der Waals surface area (Å²) in [5.74, 6) is 1.76. The molecule has 1 aromatic carbocycles. The Balaban J connectivity index is 0.00000400. The van der Waals surface area contributed by atoms with Crippen LogP contribution in [-0.4, -0.2) is 51.8 Å². The largest absolute Gasteiger partial charge is 0.494 e. The molecule has 0 saturated heterocycles. The molecular weight excluding hydrogens is 381 g/mol. The van der Waals surface area contributed by atoms with E-state index in [1.807, 2.05) is 26.1 Å². The molecule has 5 nitrogen and oxygen atoms in total. The van der Waals surface area contributed by atoms with Gasteiger partial charge < -0.3 is 19.7 Å². The highest BCUT2D eigenvalue weighted by Gasteiger charge is 2.06. The number of rotatable bonds is 7. The van der Waals surface area contributed by atoms with Gasteiger partial charge in [0.25, 0.3) is 0 Å². The molecule has 0 aromatic heterocycles. The molecule has 0 aliphatic carbocycles. The van der Waals surface area contributed by atoms with E-state index in [2.05, 4.69) is 27.3 Å². The van der Waals surface area contributed by atoms with Crippen LogP contribution in [0, 0.1) is 0 Å². The first-order valence-corrected chi connectivity index (χ1v) is 6.83. The second-order valence-electron chi connectivity index (χ2n) is 4.40. The maximum Gasteiger partial charge on any atom is 0.193 e. The Hall–Kier alpha value is -1.02. The van der Waals surface area contributed by atoms with E-state index in [9.17, 15) is 0 Å². The van der Waals surface area contributed by atoms with Crippen LogP contribution in [0.15, 0.2) is 29.3 Å². The van der Waals surface area contributed by atoms with Crippen molar-refractivity contribution < 1.29 is 9.47 Å². The number of aliphatic imine (C=N–C) groups is 1. The summed E-state index contributed by atoms with van der Waals surface area (Å²) in [5, 5.41) is 3.25. The summed E-state index contributed by atoms with van der Waals surface area (Å²) in [7, 11) is 5.48. The normalized spacial score (nSPS) is 10.8. The molecule has 1 rings (SSSR count). The number of methoxy groups -OCH3 is 1. The molecule has 6 heteroatoms. The third-order valence-corrected chi connectivity index (χ3v) is 2.82. The van der Waals surface area contributed by atoms with Crippen LogP contribution in [0.5, 0.6) is 5.75 Å². The molecule has 0 radical (unpaired) electrons. The van der Waals surface area contributed by atoms with Crippen molar-refractivity contribution in [3.63, 3.8) is 0 Å². The van der Waals surface area contributed by atoms with Gasteiger partial charge in [-0.3, -0.25) is 4.99 Å². The maximum absolute atomic E-state index is 5.44. The lowest BCUT2D eigenvalue weighted by molar-refractivity contribution is 0.203. The Bertz CT molecular complexity index is 410. The lowest BCUT2D eigenvalue weighted by atomic mass is 10.2. The minimum Gasteiger partial charge on any atom is -0.494 e. The maximum atomic E-state index is 5.44. The van der Waals surface area contributed by atoms with Crippen LogP contribution in [0.2, 0.25) is 0 Å². The van der Waals surface area contributed by atoms with Gasteiger partial charge in [0.1, 0.15) is 5.75 Å². The summed E-state index contributed by atoms with van der Waals surface area (Å²) in [6.07, 6.45) is 0. The molecular formula is C15H26IN3O2. The van der Waals surface area contributed by atoms with Crippen molar-refractivity contribution in [2.24, 2.45) is 4.99 Å². The highest BCUT2D eigenvalue weighted by molar-refractivity contribution is 14.0. The van der Waals surface area contributed by atoms with E-state index in [0.29, 0.717) is 13.2 Å². The number of ether oxygens (including phenoxy) is 2. The number of nitrogens with one attached hydrogen (secondary N) is 1. The zero-order valence-corrected chi connectivity index (χ0v) is 15.6. The third-order valence-electron chi connectivity index (χ3n) is 2.82. The molecule has 0 spiro atoms. The van der Waals surface area contributed by atoms with E-state index in [0.717, 1.165) is 24.8 Å². The van der Waals surface area contributed by atoms with Crippen LogP contribution in [0.3, 0.4) is 0 Å². The Morgan fingerprint density at radius 1 is 1.29 bits per heavy atom.